The standard InChI is InChI=1S/C43H61N5O9S/c1-29(7-6-8-37(44)50)57-26-33-11-9-31(10-12-33)17-18-54-19-20-55-21-22-56-27-38(51)47-40(43(3,4)5)42(53)48-25-35(49)23-36(48)41(52)45-24-32-13-15-34(16-14-32)39-30(2)46-28-58-39/h9-16,28-29,35-36,40,49H,6-8,17-27H2,1-5H3,(H2,44,50)(H,45,52)(H,47,51)/t29-,35-,36+,40-/m1/s1. The zero-order valence-corrected chi connectivity index (χ0v) is 35.3. The van der Waals surface area contributed by atoms with E-state index in [9.17, 15) is 24.3 Å². The number of aliphatic hydroxyl groups excluding tert-OH is 1. The fraction of sp³-hybridized carbons (Fsp3) is 0.558. The monoisotopic (exact) mass is 823 g/mol. The molecule has 0 unspecified atom stereocenters. The highest BCUT2D eigenvalue weighted by Crippen LogP contribution is 2.28. The van der Waals surface area contributed by atoms with Gasteiger partial charge < -0.3 is 45.3 Å². The molecule has 4 atom stereocenters. The quantitative estimate of drug-likeness (QED) is 0.0958. The minimum absolute atomic E-state index is 0.00826. The van der Waals surface area contributed by atoms with Crippen molar-refractivity contribution in [1.29, 1.82) is 0 Å². The molecule has 0 radical (unpaired) electrons. The predicted molar refractivity (Wildman–Crippen MR) is 222 cm³/mol. The van der Waals surface area contributed by atoms with Gasteiger partial charge in [-0.3, -0.25) is 19.2 Å². The molecule has 1 aliphatic rings. The van der Waals surface area contributed by atoms with Crippen molar-refractivity contribution in [2.24, 2.45) is 11.1 Å². The molecule has 5 N–H and O–H groups in total. The number of carbonyl (C=O) groups excluding carboxylic acids is 4. The zero-order chi connectivity index (χ0) is 42.1. The molecule has 0 saturated carbocycles. The van der Waals surface area contributed by atoms with E-state index >= 15 is 0 Å². The Bertz CT molecular complexity index is 1750. The van der Waals surface area contributed by atoms with Crippen LogP contribution in [0.1, 0.15) is 75.8 Å². The van der Waals surface area contributed by atoms with Gasteiger partial charge in [0.2, 0.25) is 23.6 Å². The van der Waals surface area contributed by atoms with Crippen LogP contribution in [0.15, 0.2) is 54.0 Å². The summed E-state index contributed by atoms with van der Waals surface area (Å²) in [6.07, 6.45) is 1.95. The molecule has 0 spiro atoms. The molecule has 4 amide bonds. The van der Waals surface area contributed by atoms with E-state index in [2.05, 4.69) is 27.8 Å². The molecule has 1 fully saturated rings. The van der Waals surface area contributed by atoms with Gasteiger partial charge in [0, 0.05) is 25.9 Å². The fourth-order valence-corrected chi connectivity index (χ4v) is 7.28. The molecular formula is C43H61N5O9S. The number of ether oxygens (including phenoxy) is 4. The molecule has 0 aliphatic carbocycles. The smallest absolute Gasteiger partial charge is 0.246 e. The molecule has 14 nitrogen and oxygen atoms in total. The number of hydrogen-bond acceptors (Lipinski definition) is 11. The Labute approximate surface area is 346 Å². The highest BCUT2D eigenvalue weighted by atomic mass is 32.1. The molecule has 1 aliphatic heterocycles. The van der Waals surface area contributed by atoms with Crippen LogP contribution in [0.5, 0.6) is 0 Å². The number of thiazole rings is 1. The summed E-state index contributed by atoms with van der Waals surface area (Å²) in [4.78, 5) is 57.8. The molecule has 0 bridgehead atoms. The van der Waals surface area contributed by atoms with E-state index in [0.29, 0.717) is 32.8 Å². The first-order valence-electron chi connectivity index (χ1n) is 20.0. The van der Waals surface area contributed by atoms with Crippen molar-refractivity contribution >= 4 is 35.0 Å². The Kier molecular flexibility index (Phi) is 18.7. The number of aliphatic hydroxyl groups is 1. The van der Waals surface area contributed by atoms with Crippen LogP contribution in [0.4, 0.5) is 0 Å². The summed E-state index contributed by atoms with van der Waals surface area (Å²) < 4.78 is 22.7. The first kappa shape index (κ1) is 46.4. The van der Waals surface area contributed by atoms with Gasteiger partial charge >= 0.3 is 0 Å². The Morgan fingerprint density at radius 2 is 1.59 bits per heavy atom. The summed E-state index contributed by atoms with van der Waals surface area (Å²) in [5.41, 5.74) is 11.5. The average Bonchev–Trinajstić information content (AvgIpc) is 3.80. The van der Waals surface area contributed by atoms with Crippen LogP contribution in [0.25, 0.3) is 10.4 Å². The first-order valence-corrected chi connectivity index (χ1v) is 20.8. The summed E-state index contributed by atoms with van der Waals surface area (Å²) in [6, 6.07) is 14.2. The van der Waals surface area contributed by atoms with Gasteiger partial charge in [0.05, 0.1) is 67.9 Å². The van der Waals surface area contributed by atoms with Crippen LogP contribution in [-0.4, -0.2) is 109 Å². The number of primary amides is 1. The van der Waals surface area contributed by atoms with E-state index in [1.165, 1.54) is 4.90 Å². The van der Waals surface area contributed by atoms with Gasteiger partial charge in [-0.2, -0.15) is 0 Å². The molecular weight excluding hydrogens is 763 g/mol. The van der Waals surface area contributed by atoms with E-state index < -0.39 is 35.4 Å². The van der Waals surface area contributed by atoms with Crippen LogP contribution in [0, 0.1) is 12.3 Å². The van der Waals surface area contributed by atoms with Gasteiger partial charge in [-0.05, 0) is 60.8 Å². The van der Waals surface area contributed by atoms with Crippen molar-refractivity contribution in [2.75, 3.05) is 46.2 Å². The van der Waals surface area contributed by atoms with Gasteiger partial charge in [0.25, 0.3) is 0 Å². The number of aryl methyl sites for hydroxylation is 1. The van der Waals surface area contributed by atoms with Gasteiger partial charge in [-0.15, -0.1) is 11.3 Å². The largest absolute Gasteiger partial charge is 0.391 e. The number of nitrogens with two attached hydrogens (primary N) is 1. The molecule has 58 heavy (non-hydrogen) atoms. The summed E-state index contributed by atoms with van der Waals surface area (Å²) in [5.74, 6) is -1.56. The lowest BCUT2D eigenvalue weighted by molar-refractivity contribution is -0.144. The van der Waals surface area contributed by atoms with Gasteiger partial charge in [-0.1, -0.05) is 69.3 Å². The minimum Gasteiger partial charge on any atom is -0.391 e. The fourth-order valence-electron chi connectivity index (χ4n) is 6.47. The summed E-state index contributed by atoms with van der Waals surface area (Å²) in [5, 5.41) is 16.2. The normalized spacial score (nSPS) is 16.6. The van der Waals surface area contributed by atoms with Crippen LogP contribution in [-0.2, 0) is 57.7 Å². The van der Waals surface area contributed by atoms with Crippen molar-refractivity contribution in [3.05, 3.63) is 76.4 Å². The molecule has 2 heterocycles. The third-order valence-electron chi connectivity index (χ3n) is 9.81. The molecule has 1 saturated heterocycles. The second-order valence-corrected chi connectivity index (χ2v) is 16.6. The number of carbonyl (C=O) groups is 4. The van der Waals surface area contributed by atoms with E-state index in [-0.39, 0.29) is 57.2 Å². The number of β-amino-alcohol motifs (C(OH)–C–C–N with tert-alkyl or cyclic N) is 1. The van der Waals surface area contributed by atoms with E-state index in [1.54, 1.807) is 11.3 Å². The number of nitrogens with one attached hydrogen (secondary N) is 2. The number of benzene rings is 2. The van der Waals surface area contributed by atoms with Crippen molar-refractivity contribution in [2.45, 2.75) is 104 Å². The Morgan fingerprint density at radius 3 is 2.22 bits per heavy atom. The van der Waals surface area contributed by atoms with Crippen molar-refractivity contribution in [3.63, 3.8) is 0 Å². The van der Waals surface area contributed by atoms with Crippen LogP contribution in [0.3, 0.4) is 0 Å². The molecule has 2 aromatic carbocycles. The number of likely N-dealkylation sites (tertiary alicyclic amines) is 1. The van der Waals surface area contributed by atoms with Gasteiger partial charge in [-0.25, -0.2) is 4.98 Å². The number of aromatic nitrogens is 1. The SMILES string of the molecule is Cc1ncsc1-c1ccc(CNC(=O)[C@@H]2C[C@@H](O)CN2C(=O)[C@@H](NC(=O)COCCOCCOCCc2ccc(CO[C@H](C)CCCC(N)=O)cc2)C(C)(C)C)cc1. The first-order chi connectivity index (χ1) is 27.7. The maximum Gasteiger partial charge on any atom is 0.246 e. The molecule has 3 aromatic rings. The number of amides is 4. The van der Waals surface area contributed by atoms with Crippen LogP contribution < -0.4 is 16.4 Å². The molecule has 15 heteroatoms. The van der Waals surface area contributed by atoms with E-state index in [1.807, 2.05) is 76.5 Å². The number of nitrogens with zero attached hydrogens (tertiary/aromatic N) is 2. The molecule has 4 rings (SSSR count). The lowest BCUT2D eigenvalue weighted by Gasteiger charge is -2.35. The van der Waals surface area contributed by atoms with Crippen molar-refractivity contribution < 1.29 is 43.2 Å². The second kappa shape index (κ2) is 23.4. The lowest BCUT2D eigenvalue weighted by Crippen LogP contribution is -2.58. The Balaban J connectivity index is 1.10. The number of hydrogen-bond donors (Lipinski definition) is 4. The third kappa shape index (κ3) is 15.5. The Morgan fingerprint density at radius 1 is 0.948 bits per heavy atom. The molecule has 1 aromatic heterocycles. The Hall–Kier alpha value is -4.25. The van der Waals surface area contributed by atoms with Crippen LogP contribution in [0.2, 0.25) is 0 Å². The maximum atomic E-state index is 13.9. The van der Waals surface area contributed by atoms with E-state index in [0.717, 1.165) is 52.1 Å². The van der Waals surface area contributed by atoms with E-state index in [4.69, 9.17) is 24.7 Å². The third-order valence-corrected chi connectivity index (χ3v) is 10.8. The number of rotatable bonds is 24. The predicted octanol–water partition coefficient (Wildman–Crippen LogP) is 4.08. The average molecular weight is 824 g/mol. The van der Waals surface area contributed by atoms with Crippen molar-refractivity contribution in [3.8, 4) is 10.4 Å². The van der Waals surface area contributed by atoms with Gasteiger partial charge in [0.1, 0.15) is 18.7 Å². The van der Waals surface area contributed by atoms with Crippen LogP contribution >= 0.6 is 11.3 Å². The van der Waals surface area contributed by atoms with Gasteiger partial charge in [0.15, 0.2) is 0 Å². The van der Waals surface area contributed by atoms with Crippen molar-refractivity contribution in [1.82, 2.24) is 20.5 Å². The lowest BCUT2D eigenvalue weighted by atomic mass is 9.85. The summed E-state index contributed by atoms with van der Waals surface area (Å²) in [7, 11) is 0. The summed E-state index contributed by atoms with van der Waals surface area (Å²) in [6.45, 7) is 11.7. The topological polar surface area (TPSA) is 192 Å². The molecule has 318 valence electrons. The second-order valence-electron chi connectivity index (χ2n) is 15.8. The highest BCUT2D eigenvalue weighted by Gasteiger charge is 2.44. The maximum absolute atomic E-state index is 13.9. The summed E-state index contributed by atoms with van der Waals surface area (Å²) >= 11 is 1.57. The minimum atomic E-state index is -0.951. The zero-order valence-electron chi connectivity index (χ0n) is 34.5. The highest BCUT2D eigenvalue weighted by molar-refractivity contribution is 7.13.